The van der Waals surface area contributed by atoms with Crippen molar-refractivity contribution in [2.45, 2.75) is 26.7 Å². The van der Waals surface area contributed by atoms with E-state index in [4.69, 9.17) is 4.74 Å². The lowest BCUT2D eigenvalue weighted by atomic mass is 9.79. The lowest BCUT2D eigenvalue weighted by molar-refractivity contribution is -0.0573. The van der Waals surface area contributed by atoms with Crippen molar-refractivity contribution in [1.82, 2.24) is 0 Å². The third kappa shape index (κ3) is 2.94. The molecule has 3 nitrogen and oxygen atoms in total. The molecule has 1 rings (SSSR count). The van der Waals surface area contributed by atoms with Crippen molar-refractivity contribution in [3.05, 3.63) is 0 Å². The molecule has 1 fully saturated rings. The van der Waals surface area contributed by atoms with Crippen LogP contribution in [0.4, 0.5) is 0 Å². The van der Waals surface area contributed by atoms with Crippen LogP contribution in [-0.2, 0) is 4.74 Å². The van der Waals surface area contributed by atoms with Gasteiger partial charge in [-0.1, -0.05) is 13.8 Å². The Hall–Kier alpha value is -0.120. The minimum Gasteiger partial charge on any atom is -0.396 e. The summed E-state index contributed by atoms with van der Waals surface area (Å²) in [6, 6.07) is 0. The van der Waals surface area contributed by atoms with Gasteiger partial charge in [-0.05, 0) is 24.7 Å². The Morgan fingerprint density at radius 2 is 1.86 bits per heavy atom. The zero-order valence-electron chi connectivity index (χ0n) is 9.20. The average molecular weight is 202 g/mol. The molecule has 3 heteroatoms. The van der Waals surface area contributed by atoms with E-state index in [1.54, 1.807) is 0 Å². The fourth-order valence-corrected chi connectivity index (χ4v) is 1.39. The second-order valence-electron chi connectivity index (χ2n) is 4.79. The maximum absolute atomic E-state index is 9.29. The average Bonchev–Trinajstić information content (AvgIpc) is 2.96. The van der Waals surface area contributed by atoms with E-state index >= 15 is 0 Å². The van der Waals surface area contributed by atoms with E-state index in [0.29, 0.717) is 6.61 Å². The molecule has 0 heterocycles. The van der Waals surface area contributed by atoms with Gasteiger partial charge < -0.3 is 14.9 Å². The SMILES string of the molecule is CC(C)C(CO)(CO)COCC1CC1. The van der Waals surface area contributed by atoms with Crippen LogP contribution in [0.25, 0.3) is 0 Å². The van der Waals surface area contributed by atoms with Crippen LogP contribution in [0.5, 0.6) is 0 Å². The highest BCUT2D eigenvalue weighted by atomic mass is 16.5. The van der Waals surface area contributed by atoms with Gasteiger partial charge in [0.15, 0.2) is 0 Å². The maximum Gasteiger partial charge on any atom is 0.0569 e. The molecule has 0 amide bonds. The highest BCUT2D eigenvalue weighted by Gasteiger charge is 2.33. The largest absolute Gasteiger partial charge is 0.396 e. The summed E-state index contributed by atoms with van der Waals surface area (Å²) in [5.74, 6) is 0.967. The van der Waals surface area contributed by atoms with Gasteiger partial charge in [0.25, 0.3) is 0 Å². The third-order valence-corrected chi connectivity index (χ3v) is 3.29. The first kappa shape index (κ1) is 12.0. The van der Waals surface area contributed by atoms with E-state index in [9.17, 15) is 10.2 Å². The van der Waals surface area contributed by atoms with Gasteiger partial charge in [0.1, 0.15) is 0 Å². The van der Waals surface area contributed by atoms with Crippen molar-refractivity contribution in [3.63, 3.8) is 0 Å². The predicted octanol–water partition coefficient (Wildman–Crippen LogP) is 1.04. The number of aliphatic hydroxyl groups is 2. The topological polar surface area (TPSA) is 49.7 Å². The predicted molar refractivity (Wildman–Crippen MR) is 55.0 cm³/mol. The van der Waals surface area contributed by atoms with Crippen molar-refractivity contribution in [1.29, 1.82) is 0 Å². The number of hydrogen-bond acceptors (Lipinski definition) is 3. The first-order chi connectivity index (χ1) is 6.64. The second-order valence-corrected chi connectivity index (χ2v) is 4.79. The summed E-state index contributed by atoms with van der Waals surface area (Å²) in [5, 5.41) is 18.6. The molecule has 1 aliphatic carbocycles. The van der Waals surface area contributed by atoms with Gasteiger partial charge in [-0.25, -0.2) is 0 Å². The Bertz CT molecular complexity index is 160. The lowest BCUT2D eigenvalue weighted by Crippen LogP contribution is -2.40. The minimum atomic E-state index is -0.463. The fourth-order valence-electron chi connectivity index (χ4n) is 1.39. The summed E-state index contributed by atoms with van der Waals surface area (Å²) in [6.45, 7) is 5.25. The molecule has 0 aromatic heterocycles. The van der Waals surface area contributed by atoms with Crippen molar-refractivity contribution in [3.8, 4) is 0 Å². The molecular formula is C11H22O3. The third-order valence-electron chi connectivity index (χ3n) is 3.29. The van der Waals surface area contributed by atoms with Crippen LogP contribution < -0.4 is 0 Å². The van der Waals surface area contributed by atoms with Crippen LogP contribution >= 0.6 is 0 Å². The van der Waals surface area contributed by atoms with Crippen LogP contribution in [0, 0.1) is 17.3 Å². The first-order valence-electron chi connectivity index (χ1n) is 5.44. The minimum absolute atomic E-state index is 0.00810. The Kier molecular flexibility index (Phi) is 4.35. The normalized spacial score (nSPS) is 17.8. The number of rotatable bonds is 7. The summed E-state index contributed by atoms with van der Waals surface area (Å²) in [5.41, 5.74) is -0.463. The van der Waals surface area contributed by atoms with E-state index in [-0.39, 0.29) is 19.1 Å². The quantitative estimate of drug-likeness (QED) is 0.648. The fraction of sp³-hybridized carbons (Fsp3) is 1.00. The molecule has 0 aromatic rings. The van der Waals surface area contributed by atoms with Crippen molar-refractivity contribution in [2.75, 3.05) is 26.4 Å². The molecule has 14 heavy (non-hydrogen) atoms. The smallest absolute Gasteiger partial charge is 0.0569 e. The zero-order valence-corrected chi connectivity index (χ0v) is 9.20. The monoisotopic (exact) mass is 202 g/mol. The second kappa shape index (κ2) is 5.10. The summed E-state index contributed by atoms with van der Waals surface area (Å²) in [4.78, 5) is 0. The molecule has 84 valence electrons. The number of hydrogen-bond donors (Lipinski definition) is 2. The van der Waals surface area contributed by atoms with Gasteiger partial charge in [-0.3, -0.25) is 0 Å². The van der Waals surface area contributed by atoms with Crippen LogP contribution in [0.15, 0.2) is 0 Å². The molecule has 2 N–H and O–H groups in total. The van der Waals surface area contributed by atoms with E-state index in [1.807, 2.05) is 13.8 Å². The Balaban J connectivity index is 2.31. The molecule has 1 saturated carbocycles. The van der Waals surface area contributed by atoms with E-state index in [0.717, 1.165) is 12.5 Å². The molecule has 0 radical (unpaired) electrons. The Morgan fingerprint density at radius 3 is 2.21 bits per heavy atom. The van der Waals surface area contributed by atoms with Gasteiger partial charge in [0, 0.05) is 12.0 Å². The molecule has 0 spiro atoms. The number of ether oxygens (including phenoxy) is 1. The highest BCUT2D eigenvalue weighted by molar-refractivity contribution is 4.81. The summed E-state index contributed by atoms with van der Waals surface area (Å²) < 4.78 is 5.55. The summed E-state index contributed by atoms with van der Waals surface area (Å²) in [7, 11) is 0. The van der Waals surface area contributed by atoms with Crippen LogP contribution in [0.1, 0.15) is 26.7 Å². The lowest BCUT2D eigenvalue weighted by Gasteiger charge is -2.33. The van der Waals surface area contributed by atoms with Gasteiger partial charge in [0.2, 0.25) is 0 Å². The van der Waals surface area contributed by atoms with Crippen molar-refractivity contribution in [2.24, 2.45) is 17.3 Å². The molecule has 0 aliphatic heterocycles. The maximum atomic E-state index is 9.29. The summed E-state index contributed by atoms with van der Waals surface area (Å²) in [6.07, 6.45) is 2.54. The van der Waals surface area contributed by atoms with Crippen molar-refractivity contribution >= 4 is 0 Å². The molecule has 0 saturated heterocycles. The van der Waals surface area contributed by atoms with Gasteiger partial charge in [0.05, 0.1) is 19.8 Å². The van der Waals surface area contributed by atoms with Gasteiger partial charge in [-0.2, -0.15) is 0 Å². The van der Waals surface area contributed by atoms with E-state index < -0.39 is 5.41 Å². The molecule has 0 atom stereocenters. The molecule has 0 bridgehead atoms. The zero-order chi connectivity index (χ0) is 10.6. The van der Waals surface area contributed by atoms with Crippen LogP contribution in [-0.4, -0.2) is 36.6 Å². The van der Waals surface area contributed by atoms with Gasteiger partial charge >= 0.3 is 0 Å². The van der Waals surface area contributed by atoms with Crippen molar-refractivity contribution < 1.29 is 14.9 Å². The van der Waals surface area contributed by atoms with Crippen LogP contribution in [0.3, 0.4) is 0 Å². The van der Waals surface area contributed by atoms with Crippen LogP contribution in [0.2, 0.25) is 0 Å². The molecule has 0 aromatic carbocycles. The number of aliphatic hydroxyl groups excluding tert-OH is 2. The summed E-state index contributed by atoms with van der Waals surface area (Å²) >= 11 is 0. The molecule has 0 unspecified atom stereocenters. The Labute approximate surface area is 86.1 Å². The first-order valence-corrected chi connectivity index (χ1v) is 5.44. The molecular weight excluding hydrogens is 180 g/mol. The van der Waals surface area contributed by atoms with Gasteiger partial charge in [-0.15, -0.1) is 0 Å². The highest BCUT2D eigenvalue weighted by Crippen LogP contribution is 2.31. The molecule has 1 aliphatic rings. The Morgan fingerprint density at radius 1 is 1.29 bits per heavy atom. The van der Waals surface area contributed by atoms with E-state index in [1.165, 1.54) is 12.8 Å². The van der Waals surface area contributed by atoms with E-state index in [2.05, 4.69) is 0 Å². The standard InChI is InChI=1S/C11H22O3/c1-9(2)11(6-12,7-13)8-14-5-10-3-4-10/h9-10,12-13H,3-8H2,1-2H3.